The van der Waals surface area contributed by atoms with Crippen LogP contribution in [-0.2, 0) is 5.41 Å². The molecule has 0 N–H and O–H groups in total. The van der Waals surface area contributed by atoms with Crippen molar-refractivity contribution in [1.29, 1.82) is 5.26 Å². The Morgan fingerprint density at radius 2 is 1.52 bits per heavy atom. The van der Waals surface area contributed by atoms with Crippen molar-refractivity contribution >= 4 is 0 Å². The molecule has 0 spiro atoms. The fraction of sp³-hybridized carbons (Fsp3) is 0.350. The molecule has 21 heavy (non-hydrogen) atoms. The van der Waals surface area contributed by atoms with E-state index in [1.54, 1.807) is 0 Å². The number of nitriles is 1. The van der Waals surface area contributed by atoms with Gasteiger partial charge in [0.1, 0.15) is 0 Å². The molecular formula is C20H21N. The second kappa shape index (κ2) is 5.37. The molecule has 0 aliphatic heterocycles. The zero-order chi connectivity index (χ0) is 14.9. The fourth-order valence-electron chi connectivity index (χ4n) is 3.78. The van der Waals surface area contributed by atoms with Crippen LogP contribution in [-0.4, -0.2) is 0 Å². The second-order valence-corrected chi connectivity index (χ2v) is 6.21. The van der Waals surface area contributed by atoms with Gasteiger partial charge in [0.05, 0.1) is 11.5 Å². The van der Waals surface area contributed by atoms with Gasteiger partial charge in [0, 0.05) is 0 Å². The van der Waals surface area contributed by atoms with Crippen molar-refractivity contribution < 1.29 is 0 Å². The number of benzene rings is 2. The maximum absolute atomic E-state index is 9.83. The molecule has 0 unspecified atom stereocenters. The maximum Gasteiger partial charge on any atom is 0.0828 e. The summed E-state index contributed by atoms with van der Waals surface area (Å²) in [7, 11) is 0. The van der Waals surface area contributed by atoms with Crippen LogP contribution in [0.4, 0.5) is 0 Å². The maximum atomic E-state index is 9.83. The molecule has 106 valence electrons. The molecule has 1 heteroatoms. The Kier molecular flexibility index (Phi) is 3.55. The van der Waals surface area contributed by atoms with Crippen molar-refractivity contribution in [2.75, 3.05) is 0 Å². The molecule has 1 saturated carbocycles. The first-order chi connectivity index (χ1) is 10.2. The molecule has 1 fully saturated rings. The molecule has 0 saturated heterocycles. The number of hydrogen-bond donors (Lipinski definition) is 0. The molecule has 2 aromatic carbocycles. The third-order valence-electron chi connectivity index (χ3n) is 4.86. The average molecular weight is 275 g/mol. The Hall–Kier alpha value is -2.07. The van der Waals surface area contributed by atoms with Crippen LogP contribution < -0.4 is 0 Å². The van der Waals surface area contributed by atoms with Gasteiger partial charge in [-0.05, 0) is 54.5 Å². The summed E-state index contributed by atoms with van der Waals surface area (Å²) in [6.07, 6.45) is 4.31. The lowest BCUT2D eigenvalue weighted by Gasteiger charge is -2.25. The predicted molar refractivity (Wildman–Crippen MR) is 87.1 cm³/mol. The molecule has 0 radical (unpaired) electrons. The van der Waals surface area contributed by atoms with E-state index in [9.17, 15) is 5.26 Å². The molecule has 0 amide bonds. The Bertz CT molecular complexity index is 680. The summed E-state index contributed by atoms with van der Waals surface area (Å²) >= 11 is 0. The van der Waals surface area contributed by atoms with Crippen molar-refractivity contribution in [2.24, 2.45) is 0 Å². The van der Waals surface area contributed by atoms with E-state index in [0.29, 0.717) is 0 Å². The van der Waals surface area contributed by atoms with Crippen LogP contribution in [0, 0.1) is 25.2 Å². The summed E-state index contributed by atoms with van der Waals surface area (Å²) in [5.74, 6) is 0. The summed E-state index contributed by atoms with van der Waals surface area (Å²) < 4.78 is 0. The monoisotopic (exact) mass is 275 g/mol. The minimum Gasteiger partial charge on any atom is -0.197 e. The van der Waals surface area contributed by atoms with Crippen LogP contribution in [0.25, 0.3) is 11.1 Å². The largest absolute Gasteiger partial charge is 0.197 e. The van der Waals surface area contributed by atoms with Gasteiger partial charge in [0.2, 0.25) is 0 Å². The average Bonchev–Trinajstić information content (AvgIpc) is 2.98. The Morgan fingerprint density at radius 1 is 0.905 bits per heavy atom. The molecule has 1 aliphatic carbocycles. The lowest BCUT2D eigenvalue weighted by Crippen LogP contribution is -2.20. The third-order valence-corrected chi connectivity index (χ3v) is 4.86. The highest BCUT2D eigenvalue weighted by Gasteiger charge is 2.37. The highest BCUT2D eigenvalue weighted by atomic mass is 14.4. The van der Waals surface area contributed by atoms with E-state index >= 15 is 0 Å². The first kappa shape index (κ1) is 13.9. The lowest BCUT2D eigenvalue weighted by molar-refractivity contribution is 0.574. The Morgan fingerprint density at radius 3 is 2.14 bits per heavy atom. The summed E-state index contributed by atoms with van der Waals surface area (Å²) in [5, 5.41) is 9.83. The van der Waals surface area contributed by atoms with E-state index in [2.05, 4.69) is 62.4 Å². The van der Waals surface area contributed by atoms with Crippen molar-refractivity contribution in [3.05, 3.63) is 59.2 Å². The Labute approximate surface area is 127 Å². The van der Waals surface area contributed by atoms with E-state index in [1.807, 2.05) is 0 Å². The molecule has 1 nitrogen and oxygen atoms in total. The van der Waals surface area contributed by atoms with Gasteiger partial charge in [-0.2, -0.15) is 5.26 Å². The first-order valence-electron chi connectivity index (χ1n) is 7.75. The molecule has 3 rings (SSSR count). The van der Waals surface area contributed by atoms with E-state index in [4.69, 9.17) is 0 Å². The SMILES string of the molecule is Cc1cccc(C)c1-c1ccccc1C1(C#N)CCCC1. The van der Waals surface area contributed by atoms with E-state index in [0.717, 1.165) is 25.7 Å². The zero-order valence-electron chi connectivity index (χ0n) is 12.8. The van der Waals surface area contributed by atoms with Crippen molar-refractivity contribution in [2.45, 2.75) is 44.9 Å². The van der Waals surface area contributed by atoms with Gasteiger partial charge in [-0.1, -0.05) is 55.3 Å². The first-order valence-corrected chi connectivity index (χ1v) is 7.75. The standard InChI is InChI=1S/C20H21N/c1-15-8-7-9-16(2)19(15)17-10-3-4-11-18(17)20(14-21)12-5-6-13-20/h3-4,7-11H,5-6,12-13H2,1-2H3. The number of hydrogen-bond acceptors (Lipinski definition) is 1. The van der Waals surface area contributed by atoms with Crippen molar-refractivity contribution in [3.8, 4) is 17.2 Å². The van der Waals surface area contributed by atoms with Crippen LogP contribution in [0.15, 0.2) is 42.5 Å². The number of nitrogens with zero attached hydrogens (tertiary/aromatic N) is 1. The molecule has 2 aromatic rings. The van der Waals surface area contributed by atoms with E-state index < -0.39 is 0 Å². The van der Waals surface area contributed by atoms with Gasteiger partial charge >= 0.3 is 0 Å². The van der Waals surface area contributed by atoms with Gasteiger partial charge in [0.25, 0.3) is 0 Å². The fourth-order valence-corrected chi connectivity index (χ4v) is 3.78. The number of aryl methyl sites for hydroxylation is 2. The van der Waals surface area contributed by atoms with Gasteiger partial charge in [-0.3, -0.25) is 0 Å². The van der Waals surface area contributed by atoms with Gasteiger partial charge in [-0.15, -0.1) is 0 Å². The summed E-state index contributed by atoms with van der Waals surface area (Å²) in [5.41, 5.74) is 6.06. The van der Waals surface area contributed by atoms with E-state index in [1.165, 1.54) is 27.8 Å². The van der Waals surface area contributed by atoms with Crippen LogP contribution in [0.3, 0.4) is 0 Å². The molecule has 0 aromatic heterocycles. The quantitative estimate of drug-likeness (QED) is 0.729. The summed E-state index contributed by atoms with van der Waals surface area (Å²) in [4.78, 5) is 0. The zero-order valence-corrected chi connectivity index (χ0v) is 12.8. The van der Waals surface area contributed by atoms with Gasteiger partial charge in [-0.25, -0.2) is 0 Å². The minimum absolute atomic E-state index is 0.286. The normalized spacial score (nSPS) is 16.6. The lowest BCUT2D eigenvalue weighted by atomic mass is 9.76. The van der Waals surface area contributed by atoms with Crippen LogP contribution >= 0.6 is 0 Å². The minimum atomic E-state index is -0.286. The highest BCUT2D eigenvalue weighted by Crippen LogP contribution is 2.45. The molecule has 0 bridgehead atoms. The van der Waals surface area contributed by atoms with Crippen LogP contribution in [0.2, 0.25) is 0 Å². The smallest absolute Gasteiger partial charge is 0.0828 e. The molecule has 0 atom stereocenters. The van der Waals surface area contributed by atoms with Crippen molar-refractivity contribution in [3.63, 3.8) is 0 Å². The van der Waals surface area contributed by atoms with Gasteiger partial charge in [0.15, 0.2) is 0 Å². The number of rotatable bonds is 2. The Balaban J connectivity index is 2.24. The van der Waals surface area contributed by atoms with Crippen LogP contribution in [0.5, 0.6) is 0 Å². The topological polar surface area (TPSA) is 23.8 Å². The van der Waals surface area contributed by atoms with Crippen LogP contribution in [0.1, 0.15) is 42.4 Å². The highest BCUT2D eigenvalue weighted by molar-refractivity contribution is 5.75. The van der Waals surface area contributed by atoms with E-state index in [-0.39, 0.29) is 5.41 Å². The molecular weight excluding hydrogens is 254 g/mol. The van der Waals surface area contributed by atoms with Gasteiger partial charge < -0.3 is 0 Å². The van der Waals surface area contributed by atoms with Crippen molar-refractivity contribution in [1.82, 2.24) is 0 Å². The molecule has 0 heterocycles. The summed E-state index contributed by atoms with van der Waals surface area (Å²) in [6.45, 7) is 4.32. The second-order valence-electron chi connectivity index (χ2n) is 6.21. The molecule has 1 aliphatic rings. The predicted octanol–water partition coefficient (Wildman–Crippen LogP) is 5.31. The third kappa shape index (κ3) is 2.25. The summed E-state index contributed by atoms with van der Waals surface area (Å²) in [6, 6.07) is 17.6.